The minimum absolute atomic E-state index is 0.0690. The molecule has 1 amide bonds. The highest BCUT2D eigenvalue weighted by Crippen LogP contribution is 2.43. The van der Waals surface area contributed by atoms with Crippen LogP contribution in [0, 0.1) is 0 Å². The number of aromatic nitrogens is 1. The third-order valence-corrected chi connectivity index (χ3v) is 7.34. The third-order valence-electron chi connectivity index (χ3n) is 5.96. The Morgan fingerprint density at radius 2 is 1.79 bits per heavy atom. The summed E-state index contributed by atoms with van der Waals surface area (Å²) in [5.41, 5.74) is 2.18. The fraction of sp³-hybridized carbons (Fsp3) is 0.250. The van der Waals surface area contributed by atoms with Crippen molar-refractivity contribution >= 4 is 16.9 Å². The van der Waals surface area contributed by atoms with Gasteiger partial charge in [0.1, 0.15) is 22.8 Å². The van der Waals surface area contributed by atoms with Crippen molar-refractivity contribution in [3.8, 4) is 16.9 Å². The number of rotatable bonds is 4. The van der Waals surface area contributed by atoms with E-state index in [0.717, 1.165) is 22.9 Å². The molecule has 3 atom stereocenters. The van der Waals surface area contributed by atoms with Gasteiger partial charge in [0.25, 0.3) is 0 Å². The molecule has 5 nitrogen and oxygen atoms in total. The van der Waals surface area contributed by atoms with Gasteiger partial charge in [-0.1, -0.05) is 36.4 Å². The minimum atomic E-state index is -4.54. The Hall–Kier alpha value is -3.20. The van der Waals surface area contributed by atoms with Gasteiger partial charge in [0.05, 0.1) is 5.25 Å². The number of pyridine rings is 1. The second-order valence-electron chi connectivity index (χ2n) is 8.00. The van der Waals surface area contributed by atoms with Gasteiger partial charge in [-0.25, -0.2) is 4.21 Å². The maximum absolute atomic E-state index is 13.5. The van der Waals surface area contributed by atoms with Crippen LogP contribution in [0.2, 0.25) is 0 Å². The predicted octanol–water partition coefficient (Wildman–Crippen LogP) is 5.06. The number of hydrogen-bond donors (Lipinski definition) is 1. The zero-order valence-electron chi connectivity index (χ0n) is 17.3. The molecule has 1 aliphatic carbocycles. The summed E-state index contributed by atoms with van der Waals surface area (Å²) in [6, 6.07) is 15.4. The second-order valence-corrected chi connectivity index (χ2v) is 9.37. The van der Waals surface area contributed by atoms with E-state index in [0.29, 0.717) is 24.2 Å². The lowest BCUT2D eigenvalue weighted by molar-refractivity contribution is -0.140. The van der Waals surface area contributed by atoms with Gasteiger partial charge in [0.2, 0.25) is 5.91 Å². The van der Waals surface area contributed by atoms with Crippen LogP contribution in [-0.4, -0.2) is 15.1 Å². The van der Waals surface area contributed by atoms with E-state index in [1.54, 1.807) is 36.4 Å². The van der Waals surface area contributed by atoms with Crippen LogP contribution in [0.3, 0.4) is 0 Å². The van der Waals surface area contributed by atoms with E-state index in [1.807, 2.05) is 6.07 Å². The Bertz CT molecular complexity index is 1240. The molecule has 3 aromatic rings. The fourth-order valence-corrected chi connectivity index (χ4v) is 5.63. The van der Waals surface area contributed by atoms with Gasteiger partial charge in [-0.3, -0.25) is 14.5 Å². The summed E-state index contributed by atoms with van der Waals surface area (Å²) in [6.07, 6.45) is -2.27. The monoisotopic (exact) mass is 472 g/mol. The highest BCUT2D eigenvalue weighted by Gasteiger charge is 2.37. The van der Waals surface area contributed by atoms with Gasteiger partial charge in [-0.15, -0.1) is 0 Å². The Labute approximate surface area is 190 Å². The predicted molar refractivity (Wildman–Crippen MR) is 116 cm³/mol. The number of ether oxygens (including phenoxy) is 1. The van der Waals surface area contributed by atoms with E-state index >= 15 is 0 Å². The molecule has 1 saturated heterocycles. The Kier molecular flexibility index (Phi) is 5.44. The molecule has 1 aromatic heterocycles. The zero-order valence-corrected chi connectivity index (χ0v) is 18.1. The zero-order chi connectivity index (χ0) is 23.2. The molecule has 5 rings (SSSR count). The van der Waals surface area contributed by atoms with Crippen LogP contribution >= 0.6 is 0 Å². The largest absolute Gasteiger partial charge is 0.486 e. The highest BCUT2D eigenvalue weighted by molar-refractivity contribution is 7.84. The van der Waals surface area contributed by atoms with Gasteiger partial charge < -0.3 is 4.74 Å². The molecule has 0 radical (unpaired) electrons. The standard InChI is InChI=1S/C24H19F3N2O3S/c25-24(26,27)23-19(5-2-12-28-23)16-3-1-4-18-17(16)10-11-20(18)32-15-8-6-14(7-9-15)21-13-22(30)29-33(21)31/h1-9,12,20-21H,10-11,13H2,(H,29,30)/t20-,21?,33?/m1/s1. The summed E-state index contributed by atoms with van der Waals surface area (Å²) in [5, 5.41) is -0.386. The van der Waals surface area contributed by atoms with E-state index < -0.39 is 22.9 Å². The number of nitrogens with one attached hydrogen (secondary N) is 1. The average molecular weight is 472 g/mol. The van der Waals surface area contributed by atoms with Crippen molar-refractivity contribution in [2.45, 2.75) is 36.8 Å². The van der Waals surface area contributed by atoms with Gasteiger partial charge in [-0.2, -0.15) is 13.2 Å². The molecule has 170 valence electrons. The molecular weight excluding hydrogens is 453 g/mol. The lowest BCUT2D eigenvalue weighted by Crippen LogP contribution is -2.15. The number of hydrogen-bond acceptors (Lipinski definition) is 4. The Balaban J connectivity index is 1.40. The maximum atomic E-state index is 13.5. The number of nitrogens with zero attached hydrogens (tertiary/aromatic N) is 1. The first-order valence-corrected chi connectivity index (χ1v) is 11.6. The van der Waals surface area contributed by atoms with Crippen molar-refractivity contribution in [1.82, 2.24) is 9.71 Å². The fourth-order valence-electron chi connectivity index (χ4n) is 4.48. The maximum Gasteiger partial charge on any atom is 0.433 e. The molecule has 2 aliphatic rings. The van der Waals surface area contributed by atoms with Crippen LogP contribution in [0.1, 0.15) is 46.6 Å². The Morgan fingerprint density at radius 1 is 1.03 bits per heavy atom. The number of halogens is 3. The van der Waals surface area contributed by atoms with Crippen LogP contribution in [0.5, 0.6) is 5.75 Å². The normalized spacial score (nSPS) is 22.2. The van der Waals surface area contributed by atoms with Crippen LogP contribution in [0.15, 0.2) is 60.8 Å². The van der Waals surface area contributed by atoms with Gasteiger partial charge in [0.15, 0.2) is 5.69 Å². The number of amides is 1. The smallest absolute Gasteiger partial charge is 0.433 e. The van der Waals surface area contributed by atoms with E-state index in [2.05, 4.69) is 9.71 Å². The van der Waals surface area contributed by atoms with Crippen molar-refractivity contribution < 1.29 is 26.9 Å². The highest BCUT2D eigenvalue weighted by atomic mass is 32.2. The topological polar surface area (TPSA) is 68.3 Å². The summed E-state index contributed by atoms with van der Waals surface area (Å²) < 4.78 is 61.1. The van der Waals surface area contributed by atoms with Crippen LogP contribution in [0.25, 0.3) is 11.1 Å². The molecule has 33 heavy (non-hydrogen) atoms. The van der Waals surface area contributed by atoms with Crippen molar-refractivity contribution in [1.29, 1.82) is 0 Å². The molecule has 1 N–H and O–H groups in total. The summed E-state index contributed by atoms with van der Waals surface area (Å²) in [4.78, 5) is 15.0. The molecule has 9 heteroatoms. The quantitative estimate of drug-likeness (QED) is 0.577. The van der Waals surface area contributed by atoms with Crippen molar-refractivity contribution in [3.63, 3.8) is 0 Å². The summed E-state index contributed by atoms with van der Waals surface area (Å²) in [6.45, 7) is 0. The average Bonchev–Trinajstić information content (AvgIpc) is 3.36. The number of carbonyl (C=O) groups is 1. The second kappa shape index (κ2) is 8.30. The number of carbonyl (C=O) groups excluding carboxylic acids is 1. The van der Waals surface area contributed by atoms with E-state index in [1.165, 1.54) is 12.1 Å². The number of benzene rings is 2. The molecule has 1 fully saturated rings. The first kappa shape index (κ1) is 21.6. The first-order valence-electron chi connectivity index (χ1n) is 10.4. The SMILES string of the molecule is O=C1CC(c2ccc(O[C@@H]3CCc4c(-c5cccnc5C(F)(F)F)cccc43)cc2)S(=O)N1. The van der Waals surface area contributed by atoms with E-state index in [9.17, 15) is 22.2 Å². The Morgan fingerprint density at radius 3 is 2.48 bits per heavy atom. The minimum Gasteiger partial charge on any atom is -0.486 e. The van der Waals surface area contributed by atoms with E-state index in [4.69, 9.17) is 4.74 Å². The lowest BCUT2D eigenvalue weighted by Gasteiger charge is -2.17. The third kappa shape index (κ3) is 4.13. The van der Waals surface area contributed by atoms with Crippen LogP contribution in [-0.2, 0) is 28.4 Å². The molecule has 2 aromatic carbocycles. The van der Waals surface area contributed by atoms with Crippen molar-refractivity contribution in [3.05, 3.63) is 83.2 Å². The summed E-state index contributed by atoms with van der Waals surface area (Å²) >= 11 is 0. The molecule has 2 heterocycles. The van der Waals surface area contributed by atoms with Gasteiger partial charge in [0, 0.05) is 18.2 Å². The molecule has 2 unspecified atom stereocenters. The molecular formula is C24H19F3N2O3S. The first-order chi connectivity index (χ1) is 15.8. The molecule has 1 aliphatic heterocycles. The lowest BCUT2D eigenvalue weighted by atomic mass is 9.95. The van der Waals surface area contributed by atoms with Crippen LogP contribution in [0.4, 0.5) is 13.2 Å². The van der Waals surface area contributed by atoms with E-state index in [-0.39, 0.29) is 29.2 Å². The van der Waals surface area contributed by atoms with Crippen LogP contribution < -0.4 is 9.46 Å². The molecule has 0 saturated carbocycles. The number of fused-ring (bicyclic) bond motifs is 1. The van der Waals surface area contributed by atoms with Crippen molar-refractivity contribution in [2.75, 3.05) is 0 Å². The van der Waals surface area contributed by atoms with Crippen molar-refractivity contribution in [2.24, 2.45) is 0 Å². The summed E-state index contributed by atoms with van der Waals surface area (Å²) in [7, 11) is -1.44. The molecule has 0 bridgehead atoms. The summed E-state index contributed by atoms with van der Waals surface area (Å²) in [5.74, 6) is 0.363. The van der Waals surface area contributed by atoms with Gasteiger partial charge >= 0.3 is 6.18 Å². The molecule has 0 spiro atoms. The number of alkyl halides is 3. The van der Waals surface area contributed by atoms with Gasteiger partial charge in [-0.05, 0) is 53.3 Å².